The lowest BCUT2D eigenvalue weighted by molar-refractivity contribution is -0.114. The summed E-state index contributed by atoms with van der Waals surface area (Å²) in [5.41, 5.74) is 1.90. The quantitative estimate of drug-likeness (QED) is 0.851. The number of benzene rings is 1. The number of H-pyrrole nitrogens is 1. The van der Waals surface area contributed by atoms with Crippen molar-refractivity contribution in [2.75, 3.05) is 18.4 Å². The van der Waals surface area contributed by atoms with E-state index in [1.807, 2.05) is 0 Å². The number of likely N-dealkylation sites (tertiary alicyclic amines) is 1. The fraction of sp³-hybridized carbons (Fsp3) is 0.353. The van der Waals surface area contributed by atoms with Gasteiger partial charge in [-0.15, -0.1) is 0 Å². The molecule has 1 unspecified atom stereocenters. The van der Waals surface area contributed by atoms with Crippen LogP contribution in [0.5, 0.6) is 0 Å². The Balaban J connectivity index is 1.79. The zero-order valence-corrected chi connectivity index (χ0v) is 15.2. The van der Waals surface area contributed by atoms with Gasteiger partial charge in [0, 0.05) is 31.0 Å². The molecule has 25 heavy (non-hydrogen) atoms. The van der Waals surface area contributed by atoms with Crippen molar-refractivity contribution in [1.82, 2.24) is 15.1 Å². The van der Waals surface area contributed by atoms with E-state index in [4.69, 9.17) is 23.2 Å². The van der Waals surface area contributed by atoms with E-state index in [0.717, 1.165) is 18.5 Å². The standard InChI is InChI=1S/C17H18Cl2N4O2/c1-10(24)21-15-8-20-22-16(15)11-3-2-6-23(9-11)17(25)13-7-12(18)4-5-14(13)19/h4-5,7-8,11H,2-3,6,9H2,1H3,(H,20,22)(H,21,24). The largest absolute Gasteiger partial charge is 0.338 e. The summed E-state index contributed by atoms with van der Waals surface area (Å²) in [5, 5.41) is 10.6. The van der Waals surface area contributed by atoms with E-state index in [2.05, 4.69) is 15.5 Å². The Kier molecular flexibility index (Phi) is 5.30. The molecular formula is C17H18Cl2N4O2. The van der Waals surface area contributed by atoms with Crippen LogP contribution in [0.25, 0.3) is 0 Å². The van der Waals surface area contributed by atoms with Crippen LogP contribution >= 0.6 is 23.2 Å². The number of nitrogens with zero attached hydrogens (tertiary/aromatic N) is 2. The summed E-state index contributed by atoms with van der Waals surface area (Å²) in [6, 6.07) is 4.88. The van der Waals surface area contributed by atoms with Gasteiger partial charge in [-0.3, -0.25) is 14.7 Å². The molecule has 1 aliphatic rings. The molecule has 0 spiro atoms. The van der Waals surface area contributed by atoms with Crippen LogP contribution in [0, 0.1) is 0 Å². The number of halogens is 2. The number of nitrogens with one attached hydrogen (secondary N) is 2. The van der Waals surface area contributed by atoms with Crippen molar-refractivity contribution in [3.63, 3.8) is 0 Å². The topological polar surface area (TPSA) is 78.1 Å². The first-order valence-corrected chi connectivity index (χ1v) is 8.76. The lowest BCUT2D eigenvalue weighted by atomic mass is 9.93. The number of carbonyl (C=O) groups excluding carboxylic acids is 2. The third-order valence-electron chi connectivity index (χ3n) is 4.26. The summed E-state index contributed by atoms with van der Waals surface area (Å²) in [6.07, 6.45) is 3.35. The normalized spacial score (nSPS) is 17.4. The van der Waals surface area contributed by atoms with Crippen molar-refractivity contribution in [2.45, 2.75) is 25.7 Å². The number of aromatic amines is 1. The van der Waals surface area contributed by atoms with Crippen LogP contribution < -0.4 is 5.32 Å². The number of amides is 2. The van der Waals surface area contributed by atoms with Gasteiger partial charge in [-0.05, 0) is 31.0 Å². The van der Waals surface area contributed by atoms with Crippen LogP contribution in [0.4, 0.5) is 5.69 Å². The second-order valence-electron chi connectivity index (χ2n) is 6.09. The van der Waals surface area contributed by atoms with Crippen molar-refractivity contribution in [3.05, 3.63) is 45.7 Å². The fourth-order valence-electron chi connectivity index (χ4n) is 3.13. The van der Waals surface area contributed by atoms with E-state index in [1.54, 1.807) is 29.3 Å². The highest BCUT2D eigenvalue weighted by molar-refractivity contribution is 6.35. The van der Waals surface area contributed by atoms with E-state index >= 15 is 0 Å². The molecule has 2 N–H and O–H groups in total. The maximum absolute atomic E-state index is 12.8. The molecule has 1 saturated heterocycles. The maximum Gasteiger partial charge on any atom is 0.255 e. The third-order valence-corrected chi connectivity index (χ3v) is 4.82. The second kappa shape index (κ2) is 7.45. The minimum absolute atomic E-state index is 0.0695. The maximum atomic E-state index is 12.8. The van der Waals surface area contributed by atoms with Crippen LogP contribution in [0.1, 0.15) is 41.7 Å². The van der Waals surface area contributed by atoms with Gasteiger partial charge in [-0.1, -0.05) is 23.2 Å². The number of carbonyl (C=O) groups is 2. The van der Waals surface area contributed by atoms with Gasteiger partial charge in [-0.25, -0.2) is 0 Å². The Bertz CT molecular complexity index is 806. The van der Waals surface area contributed by atoms with Crippen LogP contribution in [-0.4, -0.2) is 40.0 Å². The molecule has 1 atom stereocenters. The molecule has 0 bridgehead atoms. The molecule has 6 nitrogen and oxygen atoms in total. The smallest absolute Gasteiger partial charge is 0.255 e. The molecule has 0 aliphatic carbocycles. The molecule has 1 aliphatic heterocycles. The summed E-state index contributed by atoms with van der Waals surface area (Å²) < 4.78 is 0. The first-order valence-electron chi connectivity index (χ1n) is 8.01. The number of anilines is 1. The second-order valence-corrected chi connectivity index (χ2v) is 6.94. The van der Waals surface area contributed by atoms with Gasteiger partial charge in [0.2, 0.25) is 5.91 Å². The summed E-state index contributed by atoms with van der Waals surface area (Å²) in [5.74, 6) is -0.227. The first kappa shape index (κ1) is 17.8. The molecule has 1 fully saturated rings. The van der Waals surface area contributed by atoms with Crippen LogP contribution in [-0.2, 0) is 4.79 Å². The Morgan fingerprint density at radius 3 is 2.92 bits per heavy atom. The zero-order valence-electron chi connectivity index (χ0n) is 13.7. The van der Waals surface area contributed by atoms with Crippen LogP contribution in [0.2, 0.25) is 10.0 Å². The van der Waals surface area contributed by atoms with Crippen LogP contribution in [0.15, 0.2) is 24.4 Å². The Morgan fingerprint density at radius 1 is 1.36 bits per heavy atom. The fourth-order valence-corrected chi connectivity index (χ4v) is 3.50. The molecule has 2 aromatic rings. The van der Waals surface area contributed by atoms with Crippen molar-refractivity contribution in [2.24, 2.45) is 0 Å². The van der Waals surface area contributed by atoms with Gasteiger partial charge >= 0.3 is 0 Å². The summed E-state index contributed by atoms with van der Waals surface area (Å²) in [4.78, 5) is 25.9. The first-order chi connectivity index (χ1) is 12.0. The van der Waals surface area contributed by atoms with Gasteiger partial charge in [0.15, 0.2) is 0 Å². The van der Waals surface area contributed by atoms with Gasteiger partial charge in [-0.2, -0.15) is 5.10 Å². The van der Waals surface area contributed by atoms with Crippen molar-refractivity contribution in [3.8, 4) is 0 Å². The highest BCUT2D eigenvalue weighted by atomic mass is 35.5. The lowest BCUT2D eigenvalue weighted by Gasteiger charge is -2.33. The molecule has 8 heteroatoms. The Morgan fingerprint density at radius 2 is 2.16 bits per heavy atom. The Hall–Kier alpha value is -2.05. The van der Waals surface area contributed by atoms with Gasteiger partial charge in [0.1, 0.15) is 0 Å². The molecule has 2 amide bonds. The predicted molar refractivity (Wildman–Crippen MR) is 97.2 cm³/mol. The molecule has 1 aromatic heterocycles. The van der Waals surface area contributed by atoms with Crippen molar-refractivity contribution >= 4 is 40.7 Å². The molecule has 1 aromatic carbocycles. The minimum Gasteiger partial charge on any atom is -0.338 e. The van der Waals surface area contributed by atoms with Crippen molar-refractivity contribution < 1.29 is 9.59 Å². The van der Waals surface area contributed by atoms with E-state index < -0.39 is 0 Å². The average molecular weight is 381 g/mol. The highest BCUT2D eigenvalue weighted by Crippen LogP contribution is 2.32. The highest BCUT2D eigenvalue weighted by Gasteiger charge is 2.29. The number of hydrogen-bond donors (Lipinski definition) is 2. The Labute approximate surface area is 155 Å². The molecule has 3 rings (SSSR count). The van der Waals surface area contributed by atoms with E-state index in [1.165, 1.54) is 6.92 Å². The summed E-state index contributed by atoms with van der Waals surface area (Å²) >= 11 is 12.2. The third kappa shape index (κ3) is 3.96. The number of piperidine rings is 1. The number of rotatable bonds is 3. The zero-order chi connectivity index (χ0) is 18.0. The monoisotopic (exact) mass is 380 g/mol. The summed E-state index contributed by atoms with van der Waals surface area (Å²) in [7, 11) is 0. The molecule has 2 heterocycles. The van der Waals surface area contributed by atoms with E-state index in [9.17, 15) is 9.59 Å². The SMILES string of the molecule is CC(=O)Nc1cn[nH]c1C1CCCN(C(=O)c2cc(Cl)ccc2Cl)C1. The predicted octanol–water partition coefficient (Wildman–Crippen LogP) is 3.69. The van der Waals surface area contributed by atoms with Gasteiger partial charge < -0.3 is 10.2 Å². The van der Waals surface area contributed by atoms with Crippen molar-refractivity contribution in [1.29, 1.82) is 0 Å². The molecule has 0 radical (unpaired) electrons. The van der Waals surface area contributed by atoms with Gasteiger partial charge in [0.25, 0.3) is 5.91 Å². The minimum atomic E-state index is -0.155. The number of aromatic nitrogens is 2. The number of hydrogen-bond acceptors (Lipinski definition) is 3. The summed E-state index contributed by atoms with van der Waals surface area (Å²) in [6.45, 7) is 2.63. The van der Waals surface area contributed by atoms with Crippen LogP contribution in [0.3, 0.4) is 0 Å². The average Bonchev–Trinajstić information content (AvgIpc) is 3.04. The van der Waals surface area contributed by atoms with E-state index in [-0.39, 0.29) is 17.7 Å². The van der Waals surface area contributed by atoms with E-state index in [0.29, 0.717) is 34.4 Å². The molecule has 0 saturated carbocycles. The van der Waals surface area contributed by atoms with Gasteiger partial charge in [0.05, 0.1) is 28.2 Å². The lowest BCUT2D eigenvalue weighted by Crippen LogP contribution is -2.39. The molecule has 132 valence electrons. The molecular weight excluding hydrogens is 363 g/mol.